The number of aliphatic carboxylic acids is 1. The first-order chi connectivity index (χ1) is 10.3. The van der Waals surface area contributed by atoms with E-state index in [1.165, 1.54) is 0 Å². The molecule has 0 aromatic carbocycles. The van der Waals surface area contributed by atoms with Gasteiger partial charge in [0.25, 0.3) is 5.56 Å². The second-order valence-electron chi connectivity index (χ2n) is 4.23. The molecule has 1 heterocycles. The average Bonchev–Trinajstić information content (AvgIpc) is 2.40. The van der Waals surface area contributed by atoms with Crippen molar-refractivity contribution in [2.75, 3.05) is 25.1 Å². The summed E-state index contributed by atoms with van der Waals surface area (Å²) in [6, 6.07) is -0.960. The summed E-state index contributed by atoms with van der Waals surface area (Å²) < 4.78 is 43.4. The number of carboxylic acids is 1. The van der Waals surface area contributed by atoms with Crippen LogP contribution in [0.1, 0.15) is 12.0 Å². The number of rotatable bonds is 8. The molecule has 0 aliphatic rings. The highest BCUT2D eigenvalue weighted by atomic mass is 19.4. The van der Waals surface area contributed by atoms with Crippen molar-refractivity contribution in [3.8, 4) is 0 Å². The number of hydrogen-bond acceptors (Lipinski definition) is 6. The Bertz CT molecular complexity index is 561. The minimum Gasteiger partial charge on any atom is -0.481 e. The van der Waals surface area contributed by atoms with Crippen LogP contribution in [0.2, 0.25) is 0 Å². The van der Waals surface area contributed by atoms with Gasteiger partial charge in [-0.05, 0) is 0 Å². The zero-order valence-electron chi connectivity index (χ0n) is 11.2. The van der Waals surface area contributed by atoms with E-state index in [0.29, 0.717) is 0 Å². The van der Waals surface area contributed by atoms with E-state index in [9.17, 15) is 22.8 Å². The second-order valence-corrected chi connectivity index (χ2v) is 4.23. The van der Waals surface area contributed by atoms with Crippen LogP contribution in [-0.2, 0) is 15.7 Å². The number of aliphatic hydroxyl groups excluding tert-OH is 1. The minimum atomic E-state index is -4.90. The van der Waals surface area contributed by atoms with E-state index in [4.69, 9.17) is 14.9 Å². The number of halogens is 3. The molecule has 1 unspecified atom stereocenters. The molecule has 0 radical (unpaired) electrons. The van der Waals surface area contributed by atoms with E-state index in [1.54, 1.807) is 5.10 Å². The fraction of sp³-hybridized carbons (Fsp3) is 0.545. The standard InChI is InChI=1S/C11H14F3N3O5/c12-11(13,14)9-7(3-15-17-10(9)21)16-6(4-18)5-22-2-1-8(19)20/h3,6,18H,1-2,4-5H2,(H,19,20)(H2,16,17,21). The quantitative estimate of drug-likeness (QED) is 0.498. The maximum absolute atomic E-state index is 12.8. The highest BCUT2D eigenvalue weighted by Crippen LogP contribution is 2.31. The lowest BCUT2D eigenvalue weighted by atomic mass is 10.2. The molecule has 1 atom stereocenters. The summed E-state index contributed by atoms with van der Waals surface area (Å²) in [6.07, 6.45) is -4.41. The number of H-pyrrole nitrogens is 1. The molecule has 0 bridgehead atoms. The van der Waals surface area contributed by atoms with Crippen molar-refractivity contribution in [1.82, 2.24) is 10.2 Å². The SMILES string of the molecule is O=C(O)CCOCC(CO)Nc1cn[nH]c(=O)c1C(F)(F)F. The van der Waals surface area contributed by atoms with Crippen LogP contribution in [0, 0.1) is 0 Å². The Morgan fingerprint density at radius 2 is 2.18 bits per heavy atom. The van der Waals surface area contributed by atoms with Crippen molar-refractivity contribution >= 4 is 11.7 Å². The highest BCUT2D eigenvalue weighted by molar-refractivity contribution is 5.66. The Kier molecular flexibility index (Phi) is 6.31. The molecule has 22 heavy (non-hydrogen) atoms. The predicted molar refractivity (Wildman–Crippen MR) is 67.4 cm³/mol. The lowest BCUT2D eigenvalue weighted by Gasteiger charge is -2.19. The molecule has 1 rings (SSSR count). The molecule has 0 saturated carbocycles. The summed E-state index contributed by atoms with van der Waals surface area (Å²) in [5.74, 6) is -1.09. The van der Waals surface area contributed by atoms with Gasteiger partial charge < -0.3 is 20.3 Å². The molecule has 11 heteroatoms. The van der Waals surface area contributed by atoms with Gasteiger partial charge in [-0.25, -0.2) is 5.10 Å². The number of anilines is 1. The summed E-state index contributed by atoms with van der Waals surface area (Å²) >= 11 is 0. The van der Waals surface area contributed by atoms with Crippen molar-refractivity contribution < 1.29 is 32.9 Å². The molecule has 124 valence electrons. The molecular weight excluding hydrogens is 311 g/mol. The molecular formula is C11H14F3N3O5. The van der Waals surface area contributed by atoms with E-state index in [-0.39, 0.29) is 19.6 Å². The van der Waals surface area contributed by atoms with E-state index in [0.717, 1.165) is 6.20 Å². The Morgan fingerprint density at radius 3 is 2.73 bits per heavy atom. The molecule has 4 N–H and O–H groups in total. The monoisotopic (exact) mass is 325 g/mol. The van der Waals surface area contributed by atoms with Crippen LogP contribution in [0.15, 0.2) is 11.0 Å². The third-order valence-electron chi connectivity index (χ3n) is 2.50. The van der Waals surface area contributed by atoms with Gasteiger partial charge >= 0.3 is 12.1 Å². The summed E-state index contributed by atoms with van der Waals surface area (Å²) in [5.41, 5.74) is -3.48. The summed E-state index contributed by atoms with van der Waals surface area (Å²) in [6.45, 7) is -0.988. The van der Waals surface area contributed by atoms with Crippen LogP contribution in [0.25, 0.3) is 0 Å². The molecule has 0 fully saturated rings. The molecule has 0 aliphatic heterocycles. The first-order valence-corrected chi connectivity index (χ1v) is 6.07. The average molecular weight is 325 g/mol. The number of hydrogen-bond donors (Lipinski definition) is 4. The summed E-state index contributed by atoms with van der Waals surface area (Å²) in [5, 5.41) is 24.8. The van der Waals surface area contributed by atoms with E-state index >= 15 is 0 Å². The van der Waals surface area contributed by atoms with Crippen LogP contribution >= 0.6 is 0 Å². The summed E-state index contributed by atoms with van der Waals surface area (Å²) in [7, 11) is 0. The summed E-state index contributed by atoms with van der Waals surface area (Å²) in [4.78, 5) is 21.5. The topological polar surface area (TPSA) is 125 Å². The van der Waals surface area contributed by atoms with Crippen molar-refractivity contribution in [3.05, 3.63) is 22.1 Å². The van der Waals surface area contributed by atoms with Crippen molar-refractivity contribution in [2.24, 2.45) is 0 Å². The maximum atomic E-state index is 12.8. The fourth-order valence-electron chi connectivity index (χ4n) is 1.53. The number of aromatic nitrogens is 2. The van der Waals surface area contributed by atoms with E-state index in [1.807, 2.05) is 0 Å². The number of carbonyl (C=O) groups is 1. The van der Waals surface area contributed by atoms with Gasteiger partial charge in [-0.2, -0.15) is 18.3 Å². The smallest absolute Gasteiger partial charge is 0.423 e. The first-order valence-electron chi connectivity index (χ1n) is 6.07. The Morgan fingerprint density at radius 1 is 1.50 bits per heavy atom. The van der Waals surface area contributed by atoms with Crippen molar-refractivity contribution in [1.29, 1.82) is 0 Å². The molecule has 0 amide bonds. The number of nitrogens with one attached hydrogen (secondary N) is 2. The van der Waals surface area contributed by atoms with E-state index < -0.39 is 41.6 Å². The van der Waals surface area contributed by atoms with Gasteiger partial charge in [0.2, 0.25) is 0 Å². The number of ether oxygens (including phenoxy) is 1. The van der Waals surface area contributed by atoms with Gasteiger partial charge in [0.05, 0.1) is 44.2 Å². The molecule has 0 saturated heterocycles. The van der Waals surface area contributed by atoms with Crippen LogP contribution < -0.4 is 10.9 Å². The minimum absolute atomic E-state index is 0.159. The fourth-order valence-corrected chi connectivity index (χ4v) is 1.53. The lowest BCUT2D eigenvalue weighted by Crippen LogP contribution is -2.33. The molecule has 1 aromatic rings. The van der Waals surface area contributed by atoms with Crippen LogP contribution in [0.5, 0.6) is 0 Å². The zero-order valence-corrected chi connectivity index (χ0v) is 11.2. The van der Waals surface area contributed by atoms with Gasteiger partial charge in [-0.1, -0.05) is 0 Å². The number of carboxylic acid groups (broad SMARTS) is 1. The van der Waals surface area contributed by atoms with Crippen molar-refractivity contribution in [2.45, 2.75) is 18.6 Å². The van der Waals surface area contributed by atoms with E-state index in [2.05, 4.69) is 10.4 Å². The predicted octanol–water partition coefficient (Wildman–Crippen LogP) is 0.0528. The molecule has 1 aromatic heterocycles. The molecule has 0 aliphatic carbocycles. The van der Waals surface area contributed by atoms with Crippen molar-refractivity contribution in [3.63, 3.8) is 0 Å². The van der Waals surface area contributed by atoms with Crippen LogP contribution in [0.4, 0.5) is 18.9 Å². The second kappa shape index (κ2) is 7.75. The highest BCUT2D eigenvalue weighted by Gasteiger charge is 2.37. The van der Waals surface area contributed by atoms with Gasteiger partial charge in [0.15, 0.2) is 0 Å². The Balaban J connectivity index is 2.77. The zero-order chi connectivity index (χ0) is 16.8. The molecule has 8 nitrogen and oxygen atoms in total. The third kappa shape index (κ3) is 5.33. The van der Waals surface area contributed by atoms with Crippen LogP contribution in [-0.4, -0.2) is 52.2 Å². The van der Waals surface area contributed by atoms with Gasteiger partial charge in [0, 0.05) is 0 Å². The van der Waals surface area contributed by atoms with Gasteiger partial charge in [0.1, 0.15) is 5.56 Å². The normalized spacial score (nSPS) is 12.9. The third-order valence-corrected chi connectivity index (χ3v) is 2.50. The van der Waals surface area contributed by atoms with Gasteiger partial charge in [-0.3, -0.25) is 9.59 Å². The number of aromatic amines is 1. The number of aliphatic hydroxyl groups is 1. The number of alkyl halides is 3. The van der Waals surface area contributed by atoms with Gasteiger partial charge in [-0.15, -0.1) is 0 Å². The Hall–Kier alpha value is -2.14. The Labute approximate surface area is 121 Å². The largest absolute Gasteiger partial charge is 0.481 e. The maximum Gasteiger partial charge on any atom is 0.423 e. The number of nitrogens with zero attached hydrogens (tertiary/aromatic N) is 1. The first kappa shape index (κ1) is 17.9. The molecule has 0 spiro atoms. The lowest BCUT2D eigenvalue weighted by molar-refractivity contribution is -0.139. The van der Waals surface area contributed by atoms with Crippen LogP contribution in [0.3, 0.4) is 0 Å².